The molecule has 2 aromatic rings. The molecule has 1 amide bonds. The molecule has 0 spiro atoms. The summed E-state index contributed by atoms with van der Waals surface area (Å²) < 4.78 is 6.25. The number of benzene rings is 1. The molecule has 1 aliphatic rings. The lowest BCUT2D eigenvalue weighted by Gasteiger charge is -2.10. The van der Waals surface area contributed by atoms with Gasteiger partial charge in [-0.3, -0.25) is 19.3 Å². The zero-order chi connectivity index (χ0) is 17.3. The number of nitrogens with zero attached hydrogens (tertiary/aromatic N) is 3. The van der Waals surface area contributed by atoms with Gasteiger partial charge in [-0.15, -0.1) is 0 Å². The van der Waals surface area contributed by atoms with Crippen molar-refractivity contribution in [1.29, 1.82) is 0 Å². The standard InChI is InChI=1S/C16H15ClN4O3/c1-21-8-12-15(20-21)14(9-3-5-10(17)6-4-9)18-11(16(23)19-12)7-13(22)24-2/h3-6,8,11H,7H2,1-2H3,(H,19,23). The van der Waals surface area contributed by atoms with Gasteiger partial charge in [-0.05, 0) is 12.1 Å². The smallest absolute Gasteiger partial charge is 0.308 e. The Kier molecular flexibility index (Phi) is 4.35. The Morgan fingerprint density at radius 3 is 2.75 bits per heavy atom. The van der Waals surface area contributed by atoms with Crippen LogP contribution in [0.3, 0.4) is 0 Å². The molecule has 1 unspecified atom stereocenters. The van der Waals surface area contributed by atoms with Crippen molar-refractivity contribution in [1.82, 2.24) is 9.78 Å². The molecule has 0 bridgehead atoms. The number of aliphatic imine (C=N–C) groups is 1. The number of ether oxygens (including phenoxy) is 1. The molecule has 0 fully saturated rings. The van der Waals surface area contributed by atoms with Crippen molar-refractivity contribution in [3.8, 4) is 0 Å². The van der Waals surface area contributed by atoms with E-state index in [-0.39, 0.29) is 12.3 Å². The van der Waals surface area contributed by atoms with Gasteiger partial charge in [-0.1, -0.05) is 23.7 Å². The highest BCUT2D eigenvalue weighted by Gasteiger charge is 2.29. The van der Waals surface area contributed by atoms with Gasteiger partial charge in [0, 0.05) is 23.8 Å². The summed E-state index contributed by atoms with van der Waals surface area (Å²) in [5.74, 6) is -0.881. The molecule has 8 heteroatoms. The molecule has 1 aliphatic heterocycles. The molecule has 1 N–H and O–H groups in total. The average molecular weight is 347 g/mol. The number of aromatic nitrogens is 2. The lowest BCUT2D eigenvalue weighted by molar-refractivity contribution is -0.142. The maximum atomic E-state index is 12.4. The molecule has 1 atom stereocenters. The Morgan fingerprint density at radius 1 is 1.38 bits per heavy atom. The molecule has 0 saturated carbocycles. The highest BCUT2D eigenvalue weighted by atomic mass is 35.5. The number of carbonyl (C=O) groups is 2. The third kappa shape index (κ3) is 3.16. The van der Waals surface area contributed by atoms with E-state index >= 15 is 0 Å². The van der Waals surface area contributed by atoms with E-state index in [0.29, 0.717) is 22.1 Å². The highest BCUT2D eigenvalue weighted by molar-refractivity contribution is 6.30. The molecule has 1 aromatic heterocycles. The van der Waals surface area contributed by atoms with Crippen molar-refractivity contribution in [2.45, 2.75) is 12.5 Å². The molecule has 0 saturated heterocycles. The van der Waals surface area contributed by atoms with Crippen molar-refractivity contribution in [2.75, 3.05) is 12.4 Å². The fourth-order valence-electron chi connectivity index (χ4n) is 2.45. The van der Waals surface area contributed by atoms with Gasteiger partial charge in [-0.25, -0.2) is 0 Å². The van der Waals surface area contributed by atoms with Crippen LogP contribution in [0.1, 0.15) is 17.7 Å². The van der Waals surface area contributed by atoms with E-state index in [2.05, 4.69) is 20.1 Å². The van der Waals surface area contributed by atoms with Gasteiger partial charge in [0.15, 0.2) is 0 Å². The van der Waals surface area contributed by atoms with Crippen LogP contribution in [0, 0.1) is 0 Å². The molecular formula is C16H15ClN4O3. The van der Waals surface area contributed by atoms with Gasteiger partial charge < -0.3 is 10.1 Å². The van der Waals surface area contributed by atoms with Crippen LogP contribution in [-0.4, -0.2) is 40.5 Å². The number of aryl methyl sites for hydroxylation is 1. The fourth-order valence-corrected chi connectivity index (χ4v) is 2.57. The predicted molar refractivity (Wildman–Crippen MR) is 89.3 cm³/mol. The van der Waals surface area contributed by atoms with Gasteiger partial charge >= 0.3 is 5.97 Å². The molecule has 0 radical (unpaired) electrons. The summed E-state index contributed by atoms with van der Waals surface area (Å²) in [4.78, 5) is 28.5. The predicted octanol–water partition coefficient (Wildman–Crippen LogP) is 1.79. The zero-order valence-corrected chi connectivity index (χ0v) is 13.9. The first kappa shape index (κ1) is 16.2. The Morgan fingerprint density at radius 2 is 2.08 bits per heavy atom. The molecule has 1 aromatic carbocycles. The van der Waals surface area contributed by atoms with E-state index < -0.39 is 12.0 Å². The van der Waals surface area contributed by atoms with Crippen LogP contribution in [0.4, 0.5) is 5.69 Å². The van der Waals surface area contributed by atoms with Crippen molar-refractivity contribution in [2.24, 2.45) is 12.0 Å². The number of nitrogens with one attached hydrogen (secondary N) is 1. The molecular weight excluding hydrogens is 332 g/mol. The molecule has 0 aliphatic carbocycles. The van der Waals surface area contributed by atoms with Gasteiger partial charge in [0.05, 0.1) is 24.9 Å². The first-order valence-electron chi connectivity index (χ1n) is 7.23. The number of hydrogen-bond acceptors (Lipinski definition) is 5. The zero-order valence-electron chi connectivity index (χ0n) is 13.1. The number of esters is 1. The molecule has 7 nitrogen and oxygen atoms in total. The second-order valence-electron chi connectivity index (χ2n) is 5.33. The topological polar surface area (TPSA) is 85.6 Å². The van der Waals surface area contributed by atoms with E-state index in [0.717, 1.165) is 5.56 Å². The first-order chi connectivity index (χ1) is 11.5. The molecule has 124 valence electrons. The van der Waals surface area contributed by atoms with Crippen molar-refractivity contribution >= 4 is 34.9 Å². The molecule has 3 rings (SSSR count). The third-order valence-electron chi connectivity index (χ3n) is 3.60. The van der Waals surface area contributed by atoms with Gasteiger partial charge in [0.25, 0.3) is 0 Å². The maximum Gasteiger partial charge on any atom is 0.308 e. The highest BCUT2D eigenvalue weighted by Crippen LogP contribution is 2.24. The van der Waals surface area contributed by atoms with Crippen LogP contribution < -0.4 is 5.32 Å². The summed E-state index contributed by atoms with van der Waals surface area (Å²) in [6, 6.07) is 6.17. The first-order valence-corrected chi connectivity index (χ1v) is 7.61. The SMILES string of the molecule is COC(=O)CC1N=C(c2ccc(Cl)cc2)c2nn(C)cc2NC1=O. The van der Waals surface area contributed by atoms with Gasteiger partial charge in [-0.2, -0.15) is 5.10 Å². The number of fused-ring (bicyclic) bond motifs is 1. The fraction of sp³-hybridized carbons (Fsp3) is 0.250. The maximum absolute atomic E-state index is 12.4. The van der Waals surface area contributed by atoms with Crippen LogP contribution in [0.15, 0.2) is 35.5 Å². The van der Waals surface area contributed by atoms with Crippen LogP contribution in [0.5, 0.6) is 0 Å². The Balaban J connectivity index is 2.10. The summed E-state index contributed by atoms with van der Waals surface area (Å²) in [7, 11) is 3.03. The lowest BCUT2D eigenvalue weighted by atomic mass is 10.1. The van der Waals surface area contributed by atoms with E-state index in [1.165, 1.54) is 7.11 Å². The number of anilines is 1. The minimum Gasteiger partial charge on any atom is -0.469 e. The quantitative estimate of drug-likeness (QED) is 0.859. The van der Waals surface area contributed by atoms with Crippen molar-refractivity contribution < 1.29 is 14.3 Å². The molecule has 2 heterocycles. The van der Waals surface area contributed by atoms with Crippen LogP contribution >= 0.6 is 11.6 Å². The van der Waals surface area contributed by atoms with E-state index in [1.807, 2.05) is 0 Å². The van der Waals surface area contributed by atoms with Crippen LogP contribution in [0.2, 0.25) is 5.02 Å². The van der Waals surface area contributed by atoms with E-state index in [4.69, 9.17) is 11.6 Å². The van der Waals surface area contributed by atoms with Crippen molar-refractivity contribution in [3.63, 3.8) is 0 Å². The Labute approximate surface area is 143 Å². The number of hydrogen-bond donors (Lipinski definition) is 1. The number of rotatable bonds is 3. The minimum absolute atomic E-state index is 0.143. The lowest BCUT2D eigenvalue weighted by Crippen LogP contribution is -2.28. The summed E-state index contributed by atoms with van der Waals surface area (Å²) in [6.45, 7) is 0. The van der Waals surface area contributed by atoms with Crippen LogP contribution in [-0.2, 0) is 21.4 Å². The minimum atomic E-state index is -0.886. The van der Waals surface area contributed by atoms with Crippen LogP contribution in [0.25, 0.3) is 0 Å². The average Bonchev–Trinajstić information content (AvgIpc) is 2.86. The Hall–Kier alpha value is -2.67. The third-order valence-corrected chi connectivity index (χ3v) is 3.86. The number of halogens is 1. The second kappa shape index (κ2) is 6.45. The van der Waals surface area contributed by atoms with E-state index in [1.54, 1.807) is 42.2 Å². The van der Waals surface area contributed by atoms with Gasteiger partial charge in [0.1, 0.15) is 11.7 Å². The summed E-state index contributed by atoms with van der Waals surface area (Å²) >= 11 is 5.94. The number of carbonyl (C=O) groups excluding carboxylic acids is 2. The second-order valence-corrected chi connectivity index (χ2v) is 5.77. The Bertz CT molecular complexity index is 826. The largest absolute Gasteiger partial charge is 0.469 e. The summed E-state index contributed by atoms with van der Waals surface area (Å²) in [5, 5.41) is 7.74. The van der Waals surface area contributed by atoms with Crippen molar-refractivity contribution in [3.05, 3.63) is 46.7 Å². The number of methoxy groups -OCH3 is 1. The normalized spacial score (nSPS) is 16.7. The number of amides is 1. The van der Waals surface area contributed by atoms with E-state index in [9.17, 15) is 9.59 Å². The molecule has 24 heavy (non-hydrogen) atoms. The monoisotopic (exact) mass is 346 g/mol. The van der Waals surface area contributed by atoms with Gasteiger partial charge in [0.2, 0.25) is 5.91 Å². The summed E-state index contributed by atoms with van der Waals surface area (Å²) in [5.41, 5.74) is 2.37. The summed E-state index contributed by atoms with van der Waals surface area (Å²) in [6.07, 6.45) is 1.55.